The number of carbonyl (C=O) groups excluding carboxylic acids is 1. The van der Waals surface area contributed by atoms with E-state index >= 15 is 0 Å². The summed E-state index contributed by atoms with van der Waals surface area (Å²) in [6.07, 6.45) is 0. The maximum absolute atomic E-state index is 12.4. The Labute approximate surface area is 155 Å². The molecular weight excluding hydrogens is 354 g/mol. The number of aromatic nitrogens is 2. The summed E-state index contributed by atoms with van der Waals surface area (Å²) in [4.78, 5) is 17.2. The summed E-state index contributed by atoms with van der Waals surface area (Å²) in [7, 11) is 0. The minimum Gasteiger partial charge on any atom is -0.346 e. The maximum atomic E-state index is 12.4. The monoisotopic (exact) mass is 369 g/mol. The number of nitrogens with one attached hydrogen (secondary N) is 1. The van der Waals surface area contributed by atoms with Gasteiger partial charge >= 0.3 is 0 Å². The Morgan fingerprint density at radius 3 is 2.68 bits per heavy atom. The highest BCUT2D eigenvalue weighted by atomic mass is 35.5. The van der Waals surface area contributed by atoms with Crippen molar-refractivity contribution in [1.82, 2.24) is 14.9 Å². The predicted molar refractivity (Wildman–Crippen MR) is 101 cm³/mol. The summed E-state index contributed by atoms with van der Waals surface area (Å²) < 4.78 is 2.20. The van der Waals surface area contributed by atoms with Crippen LogP contribution in [0.4, 0.5) is 0 Å². The molecule has 0 aliphatic carbocycles. The number of imidazole rings is 1. The van der Waals surface area contributed by atoms with Crippen LogP contribution in [0.1, 0.15) is 16.1 Å². The second kappa shape index (κ2) is 6.94. The largest absolute Gasteiger partial charge is 0.346 e. The van der Waals surface area contributed by atoms with E-state index in [-0.39, 0.29) is 5.91 Å². The fourth-order valence-electron chi connectivity index (χ4n) is 2.91. The average Bonchev–Trinajstić information content (AvgIpc) is 3.22. The van der Waals surface area contributed by atoms with Crippen molar-refractivity contribution in [3.05, 3.63) is 70.9 Å². The van der Waals surface area contributed by atoms with Gasteiger partial charge in [0.15, 0.2) is 5.16 Å². The molecule has 0 saturated carbocycles. The van der Waals surface area contributed by atoms with Crippen molar-refractivity contribution in [2.24, 2.45) is 0 Å². The van der Waals surface area contributed by atoms with Crippen LogP contribution in [0.15, 0.2) is 59.8 Å². The molecule has 0 atom stereocenters. The van der Waals surface area contributed by atoms with Gasteiger partial charge in [0.2, 0.25) is 0 Å². The first-order valence-electron chi connectivity index (χ1n) is 8.04. The van der Waals surface area contributed by atoms with E-state index in [1.165, 1.54) is 0 Å². The van der Waals surface area contributed by atoms with Crippen molar-refractivity contribution in [2.75, 3.05) is 5.75 Å². The van der Waals surface area contributed by atoms with Crippen LogP contribution in [-0.4, -0.2) is 21.2 Å². The fourth-order valence-corrected chi connectivity index (χ4v) is 4.00. The third-order valence-corrected chi connectivity index (χ3v) is 5.36. The number of rotatable bonds is 4. The summed E-state index contributed by atoms with van der Waals surface area (Å²) in [6.45, 7) is 1.37. The van der Waals surface area contributed by atoms with Crippen molar-refractivity contribution in [1.29, 1.82) is 0 Å². The van der Waals surface area contributed by atoms with E-state index in [1.807, 2.05) is 30.3 Å². The molecule has 3 aromatic rings. The minimum absolute atomic E-state index is 0.114. The fraction of sp³-hybridized carbons (Fsp3) is 0.158. The van der Waals surface area contributed by atoms with E-state index in [2.05, 4.69) is 9.88 Å². The summed E-state index contributed by atoms with van der Waals surface area (Å²) in [5.41, 5.74) is 3.66. The molecular formula is C19H16ClN3OS. The summed E-state index contributed by atoms with van der Waals surface area (Å²) in [5, 5.41) is 4.65. The molecule has 4 rings (SSSR count). The molecule has 1 N–H and O–H groups in total. The molecule has 1 aromatic heterocycles. The van der Waals surface area contributed by atoms with Crippen LogP contribution in [0, 0.1) is 0 Å². The molecule has 0 fully saturated rings. The number of amides is 1. The Morgan fingerprint density at radius 1 is 1.16 bits per heavy atom. The SMILES string of the molecule is O=C(NCc1c(-c2ccccc2)nc2n1CCS2)c1ccc(Cl)cc1. The number of halogens is 1. The molecule has 0 spiro atoms. The van der Waals surface area contributed by atoms with E-state index in [0.29, 0.717) is 17.1 Å². The Morgan fingerprint density at radius 2 is 1.92 bits per heavy atom. The van der Waals surface area contributed by atoms with Crippen LogP contribution in [0.25, 0.3) is 11.3 Å². The van der Waals surface area contributed by atoms with Gasteiger partial charge in [0.05, 0.1) is 17.9 Å². The summed E-state index contributed by atoms with van der Waals surface area (Å²) in [6, 6.07) is 17.0. The lowest BCUT2D eigenvalue weighted by molar-refractivity contribution is 0.0950. The van der Waals surface area contributed by atoms with Gasteiger partial charge in [-0.1, -0.05) is 53.7 Å². The quantitative estimate of drug-likeness (QED) is 0.748. The number of carbonyl (C=O) groups is 1. The minimum atomic E-state index is -0.114. The zero-order valence-electron chi connectivity index (χ0n) is 13.4. The molecule has 6 heteroatoms. The highest BCUT2D eigenvalue weighted by molar-refractivity contribution is 7.99. The first kappa shape index (κ1) is 16.2. The lowest BCUT2D eigenvalue weighted by atomic mass is 10.1. The number of hydrogen-bond donors (Lipinski definition) is 1. The molecule has 0 unspecified atom stereocenters. The molecule has 25 heavy (non-hydrogen) atoms. The summed E-state index contributed by atoms with van der Waals surface area (Å²) >= 11 is 7.64. The second-order valence-corrected chi connectivity index (χ2v) is 7.24. The highest BCUT2D eigenvalue weighted by Crippen LogP contribution is 2.33. The molecule has 0 saturated heterocycles. The average molecular weight is 370 g/mol. The van der Waals surface area contributed by atoms with Crippen LogP contribution >= 0.6 is 23.4 Å². The molecule has 0 radical (unpaired) electrons. The topological polar surface area (TPSA) is 46.9 Å². The second-order valence-electron chi connectivity index (χ2n) is 5.75. The third kappa shape index (κ3) is 3.30. The van der Waals surface area contributed by atoms with Gasteiger partial charge in [-0.25, -0.2) is 4.98 Å². The molecule has 126 valence electrons. The van der Waals surface area contributed by atoms with Crippen LogP contribution < -0.4 is 5.32 Å². The first-order valence-corrected chi connectivity index (χ1v) is 9.40. The molecule has 1 aliphatic heterocycles. The van der Waals surface area contributed by atoms with E-state index in [1.54, 1.807) is 36.0 Å². The van der Waals surface area contributed by atoms with Crippen LogP contribution in [0.2, 0.25) is 5.02 Å². The standard InChI is InChI=1S/C19H16ClN3OS/c20-15-8-6-14(7-9-15)18(24)21-12-16-17(13-4-2-1-3-5-13)22-19-23(16)10-11-25-19/h1-9H,10-12H2,(H,21,24). The van der Waals surface area contributed by atoms with Crippen LogP contribution in [0.5, 0.6) is 0 Å². The molecule has 0 bridgehead atoms. The van der Waals surface area contributed by atoms with Gasteiger partial charge < -0.3 is 9.88 Å². The van der Waals surface area contributed by atoms with Crippen molar-refractivity contribution in [3.63, 3.8) is 0 Å². The Bertz CT molecular complexity index is 906. The Balaban J connectivity index is 1.60. The van der Waals surface area contributed by atoms with Gasteiger partial charge in [0, 0.05) is 28.4 Å². The number of nitrogens with zero attached hydrogens (tertiary/aromatic N) is 2. The summed E-state index contributed by atoms with van der Waals surface area (Å²) in [5.74, 6) is 0.909. The number of hydrogen-bond acceptors (Lipinski definition) is 3. The van der Waals surface area contributed by atoms with Gasteiger partial charge in [-0.3, -0.25) is 4.79 Å². The van der Waals surface area contributed by atoms with Crippen molar-refractivity contribution in [2.45, 2.75) is 18.2 Å². The molecule has 2 aromatic carbocycles. The third-order valence-electron chi connectivity index (χ3n) is 4.15. The van der Waals surface area contributed by atoms with Crippen LogP contribution in [0.3, 0.4) is 0 Å². The lowest BCUT2D eigenvalue weighted by Gasteiger charge is -2.10. The number of thioether (sulfide) groups is 1. The van der Waals surface area contributed by atoms with Gasteiger partial charge in [-0.2, -0.15) is 0 Å². The van der Waals surface area contributed by atoms with Crippen molar-refractivity contribution < 1.29 is 4.79 Å². The Kier molecular flexibility index (Phi) is 4.51. The zero-order valence-corrected chi connectivity index (χ0v) is 15.0. The number of benzene rings is 2. The van der Waals surface area contributed by atoms with E-state index < -0.39 is 0 Å². The van der Waals surface area contributed by atoms with Gasteiger partial charge in [0.25, 0.3) is 5.91 Å². The molecule has 1 amide bonds. The predicted octanol–water partition coefficient (Wildman–Crippen LogP) is 4.24. The highest BCUT2D eigenvalue weighted by Gasteiger charge is 2.22. The van der Waals surface area contributed by atoms with Gasteiger partial charge in [-0.05, 0) is 24.3 Å². The Hall–Kier alpha value is -2.24. The van der Waals surface area contributed by atoms with E-state index in [9.17, 15) is 4.79 Å². The number of fused-ring (bicyclic) bond motifs is 1. The van der Waals surface area contributed by atoms with Crippen molar-refractivity contribution in [3.8, 4) is 11.3 Å². The van der Waals surface area contributed by atoms with Gasteiger partial charge in [0.1, 0.15) is 0 Å². The molecule has 4 nitrogen and oxygen atoms in total. The molecule has 1 aliphatic rings. The lowest BCUT2D eigenvalue weighted by Crippen LogP contribution is -2.24. The van der Waals surface area contributed by atoms with Crippen molar-refractivity contribution >= 4 is 29.3 Å². The molecule has 2 heterocycles. The normalized spacial score (nSPS) is 12.8. The van der Waals surface area contributed by atoms with Gasteiger partial charge in [-0.15, -0.1) is 0 Å². The zero-order chi connectivity index (χ0) is 17.2. The van der Waals surface area contributed by atoms with E-state index in [4.69, 9.17) is 16.6 Å². The first-order chi connectivity index (χ1) is 12.2. The van der Waals surface area contributed by atoms with E-state index in [0.717, 1.165) is 34.4 Å². The smallest absolute Gasteiger partial charge is 0.251 e. The van der Waals surface area contributed by atoms with Crippen LogP contribution in [-0.2, 0) is 13.1 Å². The maximum Gasteiger partial charge on any atom is 0.251 e.